The van der Waals surface area contributed by atoms with Gasteiger partial charge in [-0.2, -0.15) is 0 Å². The second-order valence-electron chi connectivity index (χ2n) is 6.00. The van der Waals surface area contributed by atoms with E-state index in [4.69, 9.17) is 4.74 Å². The molecule has 0 aliphatic heterocycles. The number of pyridine rings is 1. The number of aryl methyl sites for hydroxylation is 1. The molecule has 0 saturated heterocycles. The van der Waals surface area contributed by atoms with Crippen LogP contribution in [0.1, 0.15) is 29.8 Å². The number of fused-ring (bicyclic) bond motifs is 1. The molecule has 2 heterocycles. The monoisotopic (exact) mass is 341 g/mol. The number of Topliss-reactive ketones (excluding diaryl/α,β-unsaturated/α-hetero) is 1. The van der Waals surface area contributed by atoms with Gasteiger partial charge >= 0.3 is 0 Å². The van der Waals surface area contributed by atoms with Crippen LogP contribution in [0.4, 0.5) is 0 Å². The first-order valence-electron chi connectivity index (χ1n) is 7.73. The van der Waals surface area contributed by atoms with Crippen molar-refractivity contribution in [3.63, 3.8) is 0 Å². The molecule has 3 aromatic rings. The summed E-state index contributed by atoms with van der Waals surface area (Å²) in [6.07, 6.45) is 1.48. The van der Waals surface area contributed by atoms with E-state index in [2.05, 4.69) is 4.98 Å². The van der Waals surface area contributed by atoms with Crippen LogP contribution >= 0.6 is 11.3 Å². The largest absolute Gasteiger partial charge is 0.506 e. The lowest BCUT2D eigenvalue weighted by Crippen LogP contribution is -2.08. The van der Waals surface area contributed by atoms with Crippen molar-refractivity contribution < 1.29 is 14.6 Å². The molecule has 0 spiro atoms. The van der Waals surface area contributed by atoms with Crippen LogP contribution in [0.3, 0.4) is 0 Å². The van der Waals surface area contributed by atoms with Crippen LogP contribution in [-0.2, 0) is 0 Å². The Labute approximate surface area is 144 Å². The van der Waals surface area contributed by atoms with Gasteiger partial charge in [-0.3, -0.25) is 4.79 Å². The van der Waals surface area contributed by atoms with E-state index in [1.54, 1.807) is 7.11 Å². The molecule has 0 fully saturated rings. The normalized spacial score (nSPS) is 11.2. The van der Waals surface area contributed by atoms with Gasteiger partial charge < -0.3 is 9.84 Å². The molecule has 0 aliphatic rings. The Morgan fingerprint density at radius 3 is 2.50 bits per heavy atom. The van der Waals surface area contributed by atoms with E-state index in [0.29, 0.717) is 10.9 Å². The minimum absolute atomic E-state index is 0.0345. The predicted octanol–water partition coefficient (Wildman–Crippen LogP) is 4.82. The van der Waals surface area contributed by atoms with Gasteiger partial charge in [0.15, 0.2) is 5.78 Å². The van der Waals surface area contributed by atoms with Crippen molar-refractivity contribution in [2.24, 2.45) is 5.92 Å². The summed E-state index contributed by atoms with van der Waals surface area (Å²) in [6.45, 7) is 5.58. The van der Waals surface area contributed by atoms with Crippen molar-refractivity contribution in [3.05, 3.63) is 41.6 Å². The average molecular weight is 341 g/mol. The molecular formula is C19H19NO3S. The van der Waals surface area contributed by atoms with Crippen molar-refractivity contribution in [3.8, 4) is 21.9 Å². The molecule has 0 atom stereocenters. The fourth-order valence-electron chi connectivity index (χ4n) is 2.70. The Kier molecular flexibility index (Phi) is 4.28. The van der Waals surface area contributed by atoms with E-state index in [1.165, 1.54) is 17.5 Å². The number of carbonyl (C=O) groups is 1. The fraction of sp³-hybridized carbons (Fsp3) is 0.263. The lowest BCUT2D eigenvalue weighted by atomic mass is 9.99. The first-order valence-corrected chi connectivity index (χ1v) is 8.55. The summed E-state index contributed by atoms with van der Waals surface area (Å²) in [4.78, 5) is 18.4. The highest BCUT2D eigenvalue weighted by atomic mass is 32.1. The number of benzene rings is 1. The molecule has 1 aromatic carbocycles. The highest BCUT2D eigenvalue weighted by Gasteiger charge is 2.21. The molecule has 2 aromatic heterocycles. The number of aromatic nitrogens is 1. The maximum Gasteiger partial charge on any atom is 0.170 e. The third-order valence-electron chi connectivity index (χ3n) is 4.07. The molecule has 3 rings (SSSR count). The molecule has 0 amide bonds. The van der Waals surface area contributed by atoms with Crippen LogP contribution in [-0.4, -0.2) is 23.0 Å². The number of rotatable bonds is 4. The van der Waals surface area contributed by atoms with E-state index in [9.17, 15) is 9.90 Å². The summed E-state index contributed by atoms with van der Waals surface area (Å²) in [5.41, 5.74) is 2.26. The van der Waals surface area contributed by atoms with Crippen molar-refractivity contribution in [1.29, 1.82) is 0 Å². The van der Waals surface area contributed by atoms with Gasteiger partial charge in [-0.1, -0.05) is 13.8 Å². The summed E-state index contributed by atoms with van der Waals surface area (Å²) in [6, 6.07) is 7.77. The number of ether oxygens (including phenoxy) is 1. The number of hydrogen-bond donors (Lipinski definition) is 1. The smallest absolute Gasteiger partial charge is 0.170 e. The lowest BCUT2D eigenvalue weighted by molar-refractivity contribution is 0.0936. The maximum absolute atomic E-state index is 12.3. The quantitative estimate of drug-likeness (QED) is 0.691. The van der Waals surface area contributed by atoms with Gasteiger partial charge in [-0.25, -0.2) is 4.98 Å². The Balaban J connectivity index is 2.17. The zero-order valence-electron chi connectivity index (χ0n) is 14.1. The van der Waals surface area contributed by atoms with Gasteiger partial charge in [-0.15, -0.1) is 11.3 Å². The van der Waals surface area contributed by atoms with E-state index >= 15 is 0 Å². The summed E-state index contributed by atoms with van der Waals surface area (Å²) < 4.78 is 5.19. The van der Waals surface area contributed by atoms with Crippen LogP contribution in [0.25, 0.3) is 20.7 Å². The van der Waals surface area contributed by atoms with Gasteiger partial charge in [0.05, 0.1) is 18.1 Å². The zero-order chi connectivity index (χ0) is 17.4. The second-order valence-corrected chi connectivity index (χ2v) is 7.00. The van der Waals surface area contributed by atoms with Crippen LogP contribution in [0, 0.1) is 12.8 Å². The molecule has 0 unspecified atom stereocenters. The third-order valence-corrected chi connectivity index (χ3v) is 5.32. The molecule has 0 bridgehead atoms. The van der Waals surface area contributed by atoms with Gasteiger partial charge in [0.2, 0.25) is 0 Å². The summed E-state index contributed by atoms with van der Waals surface area (Å²) in [5, 5.41) is 11.3. The second kappa shape index (κ2) is 6.24. The van der Waals surface area contributed by atoms with E-state index in [1.807, 2.05) is 45.0 Å². The Bertz CT molecular complexity index is 911. The van der Waals surface area contributed by atoms with Gasteiger partial charge in [0.25, 0.3) is 0 Å². The Morgan fingerprint density at radius 2 is 1.92 bits per heavy atom. The molecule has 5 heteroatoms. The zero-order valence-corrected chi connectivity index (χ0v) is 14.9. The highest BCUT2D eigenvalue weighted by molar-refractivity contribution is 7.22. The molecular weight excluding hydrogens is 322 g/mol. The van der Waals surface area contributed by atoms with Gasteiger partial charge in [-0.05, 0) is 42.3 Å². The topological polar surface area (TPSA) is 59.4 Å². The van der Waals surface area contributed by atoms with Crippen LogP contribution in [0.2, 0.25) is 0 Å². The van der Waals surface area contributed by atoms with E-state index in [-0.39, 0.29) is 17.5 Å². The van der Waals surface area contributed by atoms with Crippen molar-refractivity contribution in [2.75, 3.05) is 7.11 Å². The Morgan fingerprint density at radius 1 is 1.25 bits per heavy atom. The first-order chi connectivity index (χ1) is 11.4. The molecule has 0 saturated carbocycles. The highest BCUT2D eigenvalue weighted by Crippen LogP contribution is 2.42. The lowest BCUT2D eigenvalue weighted by Gasteiger charge is -2.07. The van der Waals surface area contributed by atoms with Crippen molar-refractivity contribution >= 4 is 27.3 Å². The van der Waals surface area contributed by atoms with Crippen LogP contribution in [0.5, 0.6) is 11.5 Å². The molecule has 0 aliphatic carbocycles. The maximum atomic E-state index is 12.3. The molecule has 1 N–H and O–H groups in total. The minimum Gasteiger partial charge on any atom is -0.506 e. The number of thiophene rings is 1. The van der Waals surface area contributed by atoms with Crippen LogP contribution < -0.4 is 4.74 Å². The Hall–Kier alpha value is -2.40. The molecule has 24 heavy (non-hydrogen) atoms. The number of nitrogens with zero attached hydrogens (tertiary/aromatic N) is 1. The average Bonchev–Trinajstić information content (AvgIpc) is 2.92. The third kappa shape index (κ3) is 2.65. The SMILES string of the molecule is COc1ccc(-c2sc3ncc(C(=O)C(C)C)c(O)c3c2C)cc1. The molecule has 4 nitrogen and oxygen atoms in total. The number of carbonyl (C=O) groups excluding carboxylic acids is 1. The van der Waals surface area contributed by atoms with Crippen LogP contribution in [0.15, 0.2) is 30.5 Å². The summed E-state index contributed by atoms with van der Waals surface area (Å²) >= 11 is 1.51. The number of methoxy groups -OCH3 is 1. The number of hydrogen-bond acceptors (Lipinski definition) is 5. The minimum atomic E-state index is -0.185. The standard InChI is InChI=1S/C19H19NO3S/c1-10(2)16(21)14-9-20-19-15(17(14)22)11(3)18(24-19)12-5-7-13(23-4)8-6-12/h5-10H,1-4H3,(H,20,22). The van der Waals surface area contributed by atoms with Crippen molar-refractivity contribution in [1.82, 2.24) is 4.98 Å². The van der Waals surface area contributed by atoms with Gasteiger partial charge in [0.1, 0.15) is 16.3 Å². The fourth-order valence-corrected chi connectivity index (χ4v) is 3.86. The molecule has 124 valence electrons. The number of aromatic hydroxyl groups is 1. The van der Waals surface area contributed by atoms with E-state index < -0.39 is 0 Å². The summed E-state index contributed by atoms with van der Waals surface area (Å²) in [7, 11) is 1.63. The van der Waals surface area contributed by atoms with Crippen molar-refractivity contribution in [2.45, 2.75) is 20.8 Å². The van der Waals surface area contributed by atoms with E-state index in [0.717, 1.165) is 26.6 Å². The predicted molar refractivity (Wildman–Crippen MR) is 97.2 cm³/mol. The molecule has 0 radical (unpaired) electrons. The summed E-state index contributed by atoms with van der Waals surface area (Å²) in [5.74, 6) is 0.546. The number of ketones is 1. The first kappa shape index (κ1) is 16.5. The van der Waals surface area contributed by atoms with Gasteiger partial charge in [0, 0.05) is 17.0 Å².